The molecule has 0 aliphatic carbocycles. The van der Waals surface area contributed by atoms with E-state index < -0.39 is 5.97 Å². The minimum absolute atomic E-state index is 0.109. The Hall–Kier alpha value is -2.86. The van der Waals surface area contributed by atoms with E-state index >= 15 is 0 Å². The fourth-order valence-corrected chi connectivity index (χ4v) is 3.21. The van der Waals surface area contributed by atoms with Gasteiger partial charge in [0, 0.05) is 23.5 Å². The number of hydrogen-bond acceptors (Lipinski definition) is 6. The van der Waals surface area contributed by atoms with Gasteiger partial charge in [-0.25, -0.2) is 0 Å². The number of nitrogens with zero attached hydrogens (tertiary/aromatic N) is 1. The second-order valence-electron chi connectivity index (χ2n) is 5.70. The largest absolute Gasteiger partial charge is 0.545 e. The van der Waals surface area contributed by atoms with Gasteiger partial charge < -0.3 is 15.2 Å². The highest BCUT2D eigenvalue weighted by molar-refractivity contribution is 8.14. The first kappa shape index (κ1) is 17.9. The Kier molecular flexibility index (Phi) is 5.86. The molecule has 0 amide bonds. The summed E-state index contributed by atoms with van der Waals surface area (Å²) in [4.78, 5) is 27.4. The predicted octanol–water partition coefficient (Wildman–Crippen LogP) is 2.85. The number of anilines is 1. The standard InChI is InChI=1S/C20H18N2O3S/c23-18(11-4-14-2-5-16(6-3-14)19(24)25)15-7-9-17(10-8-15)22-20-21-12-1-13-26-20/h2-11H,1,12-13H2,(H,21,22)(H,24,25)/p-1/b11-4+. The third-order valence-corrected chi connectivity index (χ3v) is 4.79. The molecular formula is C20H17N2O3S-. The zero-order valence-corrected chi connectivity index (χ0v) is 14.8. The van der Waals surface area contributed by atoms with Crippen molar-refractivity contribution >= 4 is 40.4 Å². The summed E-state index contributed by atoms with van der Waals surface area (Å²) in [5.74, 6) is -0.273. The molecule has 0 bridgehead atoms. The molecule has 6 heteroatoms. The lowest BCUT2D eigenvalue weighted by molar-refractivity contribution is -0.255. The number of carbonyl (C=O) groups excluding carboxylic acids is 2. The number of carboxylic acid groups (broad SMARTS) is 1. The van der Waals surface area contributed by atoms with Crippen molar-refractivity contribution in [3.05, 3.63) is 71.3 Å². The van der Waals surface area contributed by atoms with Crippen LogP contribution in [0.1, 0.15) is 32.7 Å². The molecule has 3 rings (SSSR count). The van der Waals surface area contributed by atoms with Crippen molar-refractivity contribution in [3.63, 3.8) is 0 Å². The van der Waals surface area contributed by atoms with Gasteiger partial charge in [0.1, 0.15) is 0 Å². The summed E-state index contributed by atoms with van der Waals surface area (Å²) >= 11 is 1.70. The van der Waals surface area contributed by atoms with E-state index in [0.717, 1.165) is 35.1 Å². The second-order valence-corrected chi connectivity index (χ2v) is 6.78. The highest BCUT2D eigenvalue weighted by Gasteiger charge is 2.07. The molecule has 5 nitrogen and oxygen atoms in total. The SMILES string of the molecule is O=C([O-])c1ccc(/C=C/C(=O)c2ccc(NC3=NCCCS3)cc2)cc1. The Morgan fingerprint density at radius 1 is 1.04 bits per heavy atom. The number of hydrogen-bond donors (Lipinski definition) is 1. The van der Waals surface area contributed by atoms with E-state index in [1.54, 1.807) is 42.1 Å². The van der Waals surface area contributed by atoms with Crippen LogP contribution in [0.3, 0.4) is 0 Å². The predicted molar refractivity (Wildman–Crippen MR) is 104 cm³/mol. The summed E-state index contributed by atoms with van der Waals surface area (Å²) in [6.45, 7) is 0.848. The Balaban J connectivity index is 1.62. The molecule has 2 aromatic carbocycles. The molecule has 132 valence electrons. The van der Waals surface area contributed by atoms with Gasteiger partial charge in [-0.15, -0.1) is 0 Å². The van der Waals surface area contributed by atoms with Crippen LogP contribution in [0.5, 0.6) is 0 Å². The third kappa shape index (κ3) is 4.83. The lowest BCUT2D eigenvalue weighted by atomic mass is 10.1. The highest BCUT2D eigenvalue weighted by Crippen LogP contribution is 2.17. The van der Waals surface area contributed by atoms with E-state index in [9.17, 15) is 14.7 Å². The molecule has 0 radical (unpaired) electrons. The van der Waals surface area contributed by atoms with Crippen LogP contribution in [0.25, 0.3) is 6.08 Å². The van der Waals surface area contributed by atoms with E-state index in [-0.39, 0.29) is 11.3 Å². The van der Waals surface area contributed by atoms with Crippen LogP contribution in [0.4, 0.5) is 5.69 Å². The second kappa shape index (κ2) is 8.49. The molecule has 2 aromatic rings. The van der Waals surface area contributed by atoms with Crippen LogP contribution in [-0.2, 0) is 0 Å². The van der Waals surface area contributed by atoms with Gasteiger partial charge in [0.05, 0.1) is 5.97 Å². The van der Waals surface area contributed by atoms with Crippen molar-refractivity contribution in [2.75, 3.05) is 17.6 Å². The number of aromatic carboxylic acids is 1. The zero-order valence-electron chi connectivity index (χ0n) is 14.0. The molecule has 0 atom stereocenters. The van der Waals surface area contributed by atoms with Crippen LogP contribution >= 0.6 is 11.8 Å². The molecule has 1 N–H and O–H groups in total. The van der Waals surface area contributed by atoms with Gasteiger partial charge in [-0.05, 0) is 47.9 Å². The maximum absolute atomic E-state index is 12.3. The summed E-state index contributed by atoms with van der Waals surface area (Å²) in [5.41, 5.74) is 2.33. The van der Waals surface area contributed by atoms with Gasteiger partial charge in [-0.3, -0.25) is 9.79 Å². The topological polar surface area (TPSA) is 81.6 Å². The number of nitrogens with one attached hydrogen (secondary N) is 1. The lowest BCUT2D eigenvalue weighted by Gasteiger charge is -2.13. The minimum Gasteiger partial charge on any atom is -0.545 e. The maximum Gasteiger partial charge on any atom is 0.185 e. The molecule has 26 heavy (non-hydrogen) atoms. The Bertz CT molecular complexity index is 856. The number of thioether (sulfide) groups is 1. The average molecular weight is 365 g/mol. The lowest BCUT2D eigenvalue weighted by Crippen LogP contribution is -2.21. The molecular weight excluding hydrogens is 348 g/mol. The molecule has 0 spiro atoms. The van der Waals surface area contributed by atoms with Crippen molar-refractivity contribution in [2.24, 2.45) is 4.99 Å². The molecule has 1 aliphatic rings. The number of allylic oxidation sites excluding steroid dienone is 1. The fourth-order valence-electron chi connectivity index (χ4n) is 2.38. The first-order valence-electron chi connectivity index (χ1n) is 8.20. The first-order chi connectivity index (χ1) is 12.6. The van der Waals surface area contributed by atoms with E-state index in [1.807, 2.05) is 12.1 Å². The van der Waals surface area contributed by atoms with Crippen LogP contribution in [0, 0.1) is 0 Å². The number of benzene rings is 2. The van der Waals surface area contributed by atoms with Gasteiger partial charge in [-0.1, -0.05) is 42.1 Å². The molecule has 0 fully saturated rings. The van der Waals surface area contributed by atoms with Crippen molar-refractivity contribution < 1.29 is 14.7 Å². The molecule has 1 heterocycles. The smallest absolute Gasteiger partial charge is 0.185 e. The molecule has 0 unspecified atom stereocenters. The van der Waals surface area contributed by atoms with E-state index in [2.05, 4.69) is 10.3 Å². The van der Waals surface area contributed by atoms with Crippen LogP contribution in [0.2, 0.25) is 0 Å². The van der Waals surface area contributed by atoms with Crippen molar-refractivity contribution in [2.45, 2.75) is 6.42 Å². The van der Waals surface area contributed by atoms with Crippen molar-refractivity contribution in [3.8, 4) is 0 Å². The molecule has 0 aromatic heterocycles. The van der Waals surface area contributed by atoms with Crippen molar-refractivity contribution in [1.82, 2.24) is 0 Å². The van der Waals surface area contributed by atoms with Crippen molar-refractivity contribution in [1.29, 1.82) is 0 Å². The van der Waals surface area contributed by atoms with E-state index in [4.69, 9.17) is 0 Å². The quantitative estimate of drug-likeness (QED) is 0.651. The van der Waals surface area contributed by atoms with E-state index in [0.29, 0.717) is 5.56 Å². The number of carboxylic acids is 1. The maximum atomic E-state index is 12.3. The number of ketones is 1. The van der Waals surface area contributed by atoms with Gasteiger partial charge in [0.15, 0.2) is 11.0 Å². The number of aliphatic imine (C=N–C) groups is 1. The number of amidine groups is 1. The molecule has 0 saturated carbocycles. The summed E-state index contributed by atoms with van der Waals surface area (Å²) in [6, 6.07) is 13.4. The summed E-state index contributed by atoms with van der Waals surface area (Å²) in [5, 5.41) is 14.9. The van der Waals surface area contributed by atoms with Gasteiger partial charge in [-0.2, -0.15) is 0 Å². The minimum atomic E-state index is -1.22. The van der Waals surface area contributed by atoms with Gasteiger partial charge in [0.25, 0.3) is 0 Å². The summed E-state index contributed by atoms with van der Waals surface area (Å²) < 4.78 is 0. The summed E-state index contributed by atoms with van der Waals surface area (Å²) in [6.07, 6.45) is 4.23. The average Bonchev–Trinajstić information content (AvgIpc) is 2.68. The van der Waals surface area contributed by atoms with Crippen LogP contribution in [0.15, 0.2) is 59.6 Å². The normalized spacial score (nSPS) is 14.1. The van der Waals surface area contributed by atoms with Crippen LogP contribution < -0.4 is 10.4 Å². The van der Waals surface area contributed by atoms with Gasteiger partial charge in [0.2, 0.25) is 0 Å². The monoisotopic (exact) mass is 365 g/mol. The summed E-state index contributed by atoms with van der Waals surface area (Å²) in [7, 11) is 0. The third-order valence-electron chi connectivity index (χ3n) is 3.79. The van der Waals surface area contributed by atoms with Gasteiger partial charge >= 0.3 is 0 Å². The van der Waals surface area contributed by atoms with Crippen LogP contribution in [-0.4, -0.2) is 29.2 Å². The Labute approximate surface area is 155 Å². The fraction of sp³-hybridized carbons (Fsp3) is 0.150. The molecule has 0 saturated heterocycles. The first-order valence-corrected chi connectivity index (χ1v) is 9.18. The number of carbonyl (C=O) groups is 2. The zero-order chi connectivity index (χ0) is 18.4. The molecule has 1 aliphatic heterocycles. The Morgan fingerprint density at radius 2 is 1.73 bits per heavy atom. The highest BCUT2D eigenvalue weighted by atomic mass is 32.2. The number of rotatable bonds is 5. The van der Waals surface area contributed by atoms with E-state index in [1.165, 1.54) is 18.2 Å². The Morgan fingerprint density at radius 3 is 2.35 bits per heavy atom.